The molecule has 0 atom stereocenters. The predicted octanol–water partition coefficient (Wildman–Crippen LogP) is 2.59. The first-order valence-corrected chi connectivity index (χ1v) is 8.10. The average Bonchev–Trinajstić information content (AvgIpc) is 2.91. The number of guanidine groups is 1. The second kappa shape index (κ2) is 8.62. The molecule has 2 heterocycles. The van der Waals surface area contributed by atoms with Crippen molar-refractivity contribution < 1.29 is 0 Å². The highest BCUT2D eigenvalue weighted by molar-refractivity contribution is 14.0. The van der Waals surface area contributed by atoms with Crippen molar-refractivity contribution in [1.29, 1.82) is 0 Å². The van der Waals surface area contributed by atoms with Crippen LogP contribution in [0.5, 0.6) is 0 Å². The van der Waals surface area contributed by atoms with Crippen LogP contribution < -0.4 is 10.6 Å². The van der Waals surface area contributed by atoms with Crippen LogP contribution in [0.25, 0.3) is 0 Å². The summed E-state index contributed by atoms with van der Waals surface area (Å²) < 4.78 is 1.91. The van der Waals surface area contributed by atoms with Crippen LogP contribution in [0.2, 0.25) is 0 Å². The number of aryl methyl sites for hydroxylation is 4. The molecule has 128 valence electrons. The number of hydrogen-bond acceptors (Lipinski definition) is 4. The van der Waals surface area contributed by atoms with Crippen molar-refractivity contribution in [3.05, 3.63) is 32.5 Å². The number of nitrogens with zero attached hydrogens (tertiary/aromatic N) is 4. The van der Waals surface area contributed by atoms with Gasteiger partial charge in [0.25, 0.3) is 0 Å². The van der Waals surface area contributed by atoms with Gasteiger partial charge in [0, 0.05) is 36.8 Å². The number of halogens is 1. The highest BCUT2D eigenvalue weighted by Crippen LogP contribution is 2.16. The Hall–Kier alpha value is -1.16. The van der Waals surface area contributed by atoms with Crippen molar-refractivity contribution in [2.45, 2.75) is 40.8 Å². The third-order valence-corrected chi connectivity index (χ3v) is 4.80. The number of hydrogen-bond donors (Lipinski definition) is 2. The second-order valence-corrected chi connectivity index (χ2v) is 6.58. The molecule has 2 rings (SSSR count). The monoisotopic (exact) mass is 448 g/mol. The molecular formula is C15H25IN6S. The van der Waals surface area contributed by atoms with E-state index in [1.165, 1.54) is 16.1 Å². The van der Waals surface area contributed by atoms with Gasteiger partial charge in [-0.05, 0) is 27.7 Å². The number of aromatic nitrogens is 3. The van der Waals surface area contributed by atoms with Gasteiger partial charge < -0.3 is 10.6 Å². The smallest absolute Gasteiger partial charge is 0.191 e. The number of thiazole rings is 1. The van der Waals surface area contributed by atoms with Crippen molar-refractivity contribution in [2.75, 3.05) is 7.05 Å². The minimum atomic E-state index is 0. The summed E-state index contributed by atoms with van der Waals surface area (Å²) in [5.74, 6) is 0.785. The van der Waals surface area contributed by atoms with Crippen LogP contribution in [0.1, 0.15) is 32.5 Å². The maximum absolute atomic E-state index is 4.44. The van der Waals surface area contributed by atoms with Gasteiger partial charge in [0.1, 0.15) is 0 Å². The Morgan fingerprint density at radius 2 is 1.78 bits per heavy atom. The quantitative estimate of drug-likeness (QED) is 0.429. The molecule has 2 aromatic heterocycles. The fourth-order valence-electron chi connectivity index (χ4n) is 2.37. The molecule has 0 saturated carbocycles. The number of aliphatic imine (C=N–C) groups is 1. The fourth-order valence-corrected chi connectivity index (χ4v) is 3.24. The molecular weight excluding hydrogens is 423 g/mol. The molecule has 23 heavy (non-hydrogen) atoms. The predicted molar refractivity (Wildman–Crippen MR) is 107 cm³/mol. The normalized spacial score (nSPS) is 11.3. The summed E-state index contributed by atoms with van der Waals surface area (Å²) in [6.45, 7) is 9.63. The Kier molecular flexibility index (Phi) is 7.46. The zero-order valence-electron chi connectivity index (χ0n) is 14.5. The van der Waals surface area contributed by atoms with E-state index in [2.05, 4.69) is 32.6 Å². The summed E-state index contributed by atoms with van der Waals surface area (Å²) >= 11 is 1.72. The van der Waals surface area contributed by atoms with E-state index in [1.54, 1.807) is 18.4 Å². The molecule has 6 nitrogen and oxygen atoms in total. The van der Waals surface area contributed by atoms with Gasteiger partial charge in [-0.25, -0.2) is 4.98 Å². The lowest BCUT2D eigenvalue weighted by atomic mass is 10.2. The fraction of sp³-hybridized carbons (Fsp3) is 0.533. The van der Waals surface area contributed by atoms with E-state index >= 15 is 0 Å². The van der Waals surface area contributed by atoms with E-state index in [-0.39, 0.29) is 24.0 Å². The van der Waals surface area contributed by atoms with Gasteiger partial charge in [0.15, 0.2) is 5.96 Å². The summed E-state index contributed by atoms with van der Waals surface area (Å²) in [6.07, 6.45) is 0. The SMILES string of the molecule is CN=C(NCc1sc(C)nc1C)NCc1c(C)nn(C)c1C.I. The molecule has 8 heteroatoms. The van der Waals surface area contributed by atoms with Crippen LogP contribution in [-0.2, 0) is 20.1 Å². The van der Waals surface area contributed by atoms with Gasteiger partial charge in [0.2, 0.25) is 0 Å². The minimum absolute atomic E-state index is 0. The average molecular weight is 448 g/mol. The molecule has 0 saturated heterocycles. The van der Waals surface area contributed by atoms with Gasteiger partial charge in [-0.3, -0.25) is 9.67 Å². The molecule has 0 radical (unpaired) electrons. The third-order valence-electron chi connectivity index (χ3n) is 3.73. The molecule has 0 fully saturated rings. The van der Waals surface area contributed by atoms with E-state index in [1.807, 2.05) is 32.5 Å². The molecule has 2 N–H and O–H groups in total. The van der Waals surface area contributed by atoms with E-state index in [0.717, 1.165) is 28.9 Å². The van der Waals surface area contributed by atoms with Crippen molar-refractivity contribution in [1.82, 2.24) is 25.4 Å². The summed E-state index contributed by atoms with van der Waals surface area (Å²) in [5, 5.41) is 12.2. The van der Waals surface area contributed by atoms with Crippen LogP contribution in [0, 0.1) is 27.7 Å². The van der Waals surface area contributed by atoms with E-state index in [4.69, 9.17) is 0 Å². The Bertz CT molecular complexity index is 688. The Balaban J connectivity index is 0.00000264. The van der Waals surface area contributed by atoms with Crippen LogP contribution in [0.15, 0.2) is 4.99 Å². The molecule has 0 unspecified atom stereocenters. The molecule has 0 aromatic carbocycles. The Labute approximate surface area is 158 Å². The first kappa shape index (κ1) is 19.9. The lowest BCUT2D eigenvalue weighted by molar-refractivity contribution is 0.728. The molecule has 0 aliphatic rings. The zero-order valence-corrected chi connectivity index (χ0v) is 17.7. The maximum Gasteiger partial charge on any atom is 0.191 e. The maximum atomic E-state index is 4.44. The molecule has 0 aliphatic heterocycles. The van der Waals surface area contributed by atoms with Crippen LogP contribution in [-0.4, -0.2) is 27.8 Å². The number of nitrogens with one attached hydrogen (secondary N) is 2. The molecule has 0 spiro atoms. The van der Waals surface area contributed by atoms with Gasteiger partial charge >= 0.3 is 0 Å². The van der Waals surface area contributed by atoms with Crippen molar-refractivity contribution in [2.24, 2.45) is 12.0 Å². The standard InChI is InChI=1S/C15H24N6S.HI/c1-9-13(11(3)21(6)20-9)7-17-15(16-5)18-8-14-10(2)19-12(4)22-14;/h7-8H2,1-6H3,(H2,16,17,18);1H. The lowest BCUT2D eigenvalue weighted by Gasteiger charge is -2.11. The van der Waals surface area contributed by atoms with Gasteiger partial charge in [-0.2, -0.15) is 5.10 Å². The van der Waals surface area contributed by atoms with Crippen molar-refractivity contribution in [3.63, 3.8) is 0 Å². The summed E-state index contributed by atoms with van der Waals surface area (Å²) in [6, 6.07) is 0. The van der Waals surface area contributed by atoms with Crippen molar-refractivity contribution in [3.8, 4) is 0 Å². The van der Waals surface area contributed by atoms with Gasteiger partial charge in [-0.1, -0.05) is 0 Å². The van der Waals surface area contributed by atoms with Gasteiger partial charge in [0.05, 0.1) is 22.9 Å². The van der Waals surface area contributed by atoms with E-state index in [9.17, 15) is 0 Å². The van der Waals surface area contributed by atoms with Gasteiger partial charge in [-0.15, -0.1) is 35.3 Å². The lowest BCUT2D eigenvalue weighted by Crippen LogP contribution is -2.36. The first-order valence-electron chi connectivity index (χ1n) is 7.28. The summed E-state index contributed by atoms with van der Waals surface area (Å²) in [7, 11) is 3.75. The molecule has 0 amide bonds. The molecule has 2 aromatic rings. The second-order valence-electron chi connectivity index (χ2n) is 5.29. The minimum Gasteiger partial charge on any atom is -0.352 e. The topological polar surface area (TPSA) is 67.1 Å². The van der Waals surface area contributed by atoms with Crippen LogP contribution in [0.4, 0.5) is 0 Å². The first-order chi connectivity index (χ1) is 10.4. The highest BCUT2D eigenvalue weighted by Gasteiger charge is 2.10. The highest BCUT2D eigenvalue weighted by atomic mass is 127. The van der Waals surface area contributed by atoms with Crippen molar-refractivity contribution >= 4 is 41.3 Å². The Morgan fingerprint density at radius 1 is 1.13 bits per heavy atom. The molecule has 0 aliphatic carbocycles. The van der Waals surface area contributed by atoms with Crippen LogP contribution >= 0.6 is 35.3 Å². The summed E-state index contributed by atoms with van der Waals surface area (Å²) in [4.78, 5) is 9.96. The zero-order chi connectivity index (χ0) is 16.3. The molecule has 0 bridgehead atoms. The van der Waals surface area contributed by atoms with E-state index in [0.29, 0.717) is 6.54 Å². The third kappa shape index (κ3) is 4.90. The number of rotatable bonds is 4. The van der Waals surface area contributed by atoms with E-state index < -0.39 is 0 Å². The summed E-state index contributed by atoms with van der Waals surface area (Å²) in [5.41, 5.74) is 4.53. The largest absolute Gasteiger partial charge is 0.352 e. The van der Waals surface area contributed by atoms with Crippen LogP contribution in [0.3, 0.4) is 0 Å². The Morgan fingerprint density at radius 3 is 2.26 bits per heavy atom.